The van der Waals surface area contributed by atoms with Gasteiger partial charge in [-0.1, -0.05) is 19.1 Å². The Morgan fingerprint density at radius 2 is 1.95 bits per heavy atom. The van der Waals surface area contributed by atoms with Crippen molar-refractivity contribution in [2.45, 2.75) is 20.3 Å². The first-order valence-corrected chi connectivity index (χ1v) is 9.64. The lowest BCUT2D eigenvalue weighted by molar-refractivity contribution is 0.607. The standard InChI is InChI=1S/C15H17N3O2S2/c1-4-14-10(2)18-9-13(16-15(18)21-14)11-5-7-12(8-6-11)17-22(3,19)20/h5-9,17H,4H2,1-3H3. The summed E-state index contributed by atoms with van der Waals surface area (Å²) in [5.41, 5.74) is 3.64. The monoisotopic (exact) mass is 335 g/mol. The van der Waals surface area contributed by atoms with Crippen molar-refractivity contribution in [3.05, 3.63) is 41.0 Å². The van der Waals surface area contributed by atoms with Crippen molar-refractivity contribution in [2.24, 2.45) is 0 Å². The predicted octanol–water partition coefficient (Wildman–Crippen LogP) is 3.31. The molecule has 0 amide bonds. The minimum Gasteiger partial charge on any atom is -0.294 e. The van der Waals surface area contributed by atoms with Crippen molar-refractivity contribution >= 4 is 32.0 Å². The molecule has 0 unspecified atom stereocenters. The van der Waals surface area contributed by atoms with Crippen molar-refractivity contribution in [3.8, 4) is 11.3 Å². The first kappa shape index (κ1) is 15.1. The second-order valence-corrected chi connectivity index (χ2v) is 8.01. The number of hydrogen-bond acceptors (Lipinski definition) is 4. The van der Waals surface area contributed by atoms with Crippen LogP contribution in [0.3, 0.4) is 0 Å². The number of rotatable bonds is 4. The van der Waals surface area contributed by atoms with Gasteiger partial charge in [0.2, 0.25) is 10.0 Å². The average molecular weight is 335 g/mol. The van der Waals surface area contributed by atoms with Crippen molar-refractivity contribution in [2.75, 3.05) is 11.0 Å². The Morgan fingerprint density at radius 1 is 1.27 bits per heavy atom. The Labute approximate surface area is 133 Å². The summed E-state index contributed by atoms with van der Waals surface area (Å²) in [6.07, 6.45) is 4.18. The van der Waals surface area contributed by atoms with Crippen LogP contribution in [0.4, 0.5) is 5.69 Å². The summed E-state index contributed by atoms with van der Waals surface area (Å²) in [6.45, 7) is 4.25. The van der Waals surface area contributed by atoms with Gasteiger partial charge in [-0.3, -0.25) is 9.12 Å². The molecule has 0 saturated carbocycles. The molecule has 5 nitrogen and oxygen atoms in total. The summed E-state index contributed by atoms with van der Waals surface area (Å²) in [5, 5.41) is 0. The number of aromatic nitrogens is 2. The quantitative estimate of drug-likeness (QED) is 0.795. The number of aryl methyl sites for hydroxylation is 2. The van der Waals surface area contributed by atoms with Gasteiger partial charge in [0.1, 0.15) is 0 Å². The van der Waals surface area contributed by atoms with E-state index in [4.69, 9.17) is 0 Å². The van der Waals surface area contributed by atoms with E-state index in [1.807, 2.05) is 18.3 Å². The van der Waals surface area contributed by atoms with Crippen LogP contribution in [0.2, 0.25) is 0 Å². The number of nitrogens with one attached hydrogen (secondary N) is 1. The van der Waals surface area contributed by atoms with Gasteiger partial charge < -0.3 is 0 Å². The molecule has 0 aliphatic heterocycles. The van der Waals surface area contributed by atoms with Gasteiger partial charge in [0.25, 0.3) is 0 Å². The molecule has 3 aromatic rings. The van der Waals surface area contributed by atoms with Crippen LogP contribution in [0, 0.1) is 6.92 Å². The van der Waals surface area contributed by atoms with Gasteiger partial charge in [-0.05, 0) is 25.5 Å². The Hall–Kier alpha value is -1.86. The van der Waals surface area contributed by atoms with Gasteiger partial charge in [-0.2, -0.15) is 0 Å². The highest BCUT2D eigenvalue weighted by atomic mass is 32.2. The number of benzene rings is 1. The van der Waals surface area contributed by atoms with E-state index in [2.05, 4.69) is 28.0 Å². The van der Waals surface area contributed by atoms with Gasteiger partial charge in [-0.15, -0.1) is 11.3 Å². The zero-order valence-electron chi connectivity index (χ0n) is 12.6. The Kier molecular flexibility index (Phi) is 3.70. The molecule has 0 aliphatic carbocycles. The van der Waals surface area contributed by atoms with E-state index in [0.29, 0.717) is 5.69 Å². The van der Waals surface area contributed by atoms with Crippen molar-refractivity contribution < 1.29 is 8.42 Å². The third-order valence-corrected chi connectivity index (χ3v) is 5.37. The fourth-order valence-electron chi connectivity index (χ4n) is 2.38. The molecule has 0 spiro atoms. The van der Waals surface area contributed by atoms with Crippen LogP contribution < -0.4 is 4.72 Å². The SMILES string of the molecule is CCc1sc2nc(-c3ccc(NS(C)(=O)=O)cc3)cn2c1C. The van der Waals surface area contributed by atoms with Gasteiger partial charge in [0.05, 0.1) is 11.9 Å². The molecule has 0 bridgehead atoms. The maximum Gasteiger partial charge on any atom is 0.229 e. The number of nitrogens with zero attached hydrogens (tertiary/aromatic N) is 2. The molecule has 116 valence electrons. The average Bonchev–Trinajstić information content (AvgIpc) is 2.98. The lowest BCUT2D eigenvalue weighted by Gasteiger charge is -2.04. The first-order valence-electron chi connectivity index (χ1n) is 6.93. The van der Waals surface area contributed by atoms with Crippen LogP contribution in [0.25, 0.3) is 16.2 Å². The summed E-state index contributed by atoms with van der Waals surface area (Å²) in [4.78, 5) is 7.00. The maximum atomic E-state index is 11.2. The Morgan fingerprint density at radius 3 is 2.50 bits per heavy atom. The van der Waals surface area contributed by atoms with Crippen LogP contribution in [-0.4, -0.2) is 24.1 Å². The minimum absolute atomic E-state index is 0.553. The van der Waals surface area contributed by atoms with E-state index >= 15 is 0 Å². The first-order chi connectivity index (χ1) is 10.4. The fraction of sp³-hybridized carbons (Fsp3) is 0.267. The molecular weight excluding hydrogens is 318 g/mol. The van der Waals surface area contributed by atoms with Crippen molar-refractivity contribution in [1.29, 1.82) is 0 Å². The lowest BCUT2D eigenvalue weighted by Crippen LogP contribution is -2.09. The number of hydrogen-bond donors (Lipinski definition) is 1. The summed E-state index contributed by atoms with van der Waals surface area (Å²) in [7, 11) is -3.25. The molecule has 22 heavy (non-hydrogen) atoms. The lowest BCUT2D eigenvalue weighted by atomic mass is 10.1. The maximum absolute atomic E-state index is 11.2. The number of thiazole rings is 1. The van der Waals surface area contributed by atoms with Crippen LogP contribution in [-0.2, 0) is 16.4 Å². The molecule has 0 radical (unpaired) electrons. The molecule has 0 aliphatic rings. The second kappa shape index (κ2) is 5.40. The predicted molar refractivity (Wildman–Crippen MR) is 91.1 cm³/mol. The summed E-state index contributed by atoms with van der Waals surface area (Å²) < 4.78 is 27.0. The molecule has 7 heteroatoms. The van der Waals surface area contributed by atoms with Crippen LogP contribution >= 0.6 is 11.3 Å². The highest BCUT2D eigenvalue weighted by Gasteiger charge is 2.11. The van der Waals surface area contributed by atoms with Crippen molar-refractivity contribution in [1.82, 2.24) is 9.38 Å². The van der Waals surface area contributed by atoms with Crippen LogP contribution in [0.1, 0.15) is 17.5 Å². The van der Waals surface area contributed by atoms with E-state index in [1.54, 1.807) is 23.5 Å². The van der Waals surface area contributed by atoms with E-state index in [1.165, 1.54) is 10.6 Å². The third-order valence-electron chi connectivity index (χ3n) is 3.46. The second-order valence-electron chi connectivity index (χ2n) is 5.19. The zero-order valence-corrected chi connectivity index (χ0v) is 14.3. The normalized spacial score (nSPS) is 12.0. The smallest absolute Gasteiger partial charge is 0.229 e. The molecule has 0 fully saturated rings. The molecule has 1 aromatic carbocycles. The molecule has 3 rings (SSSR count). The Bertz CT molecular complexity index is 922. The molecule has 0 atom stereocenters. The fourth-order valence-corrected chi connectivity index (χ4v) is 3.99. The van der Waals surface area contributed by atoms with E-state index < -0.39 is 10.0 Å². The van der Waals surface area contributed by atoms with E-state index in [9.17, 15) is 8.42 Å². The highest BCUT2D eigenvalue weighted by Crippen LogP contribution is 2.28. The molecule has 1 N–H and O–H groups in total. The number of fused-ring (bicyclic) bond motifs is 1. The Balaban J connectivity index is 1.94. The van der Waals surface area contributed by atoms with Gasteiger partial charge in [0, 0.05) is 28.0 Å². The van der Waals surface area contributed by atoms with Gasteiger partial charge in [0.15, 0.2) is 4.96 Å². The minimum atomic E-state index is -3.25. The number of imidazole rings is 1. The van der Waals surface area contributed by atoms with Crippen LogP contribution in [0.15, 0.2) is 30.5 Å². The number of anilines is 1. The van der Waals surface area contributed by atoms with Crippen molar-refractivity contribution in [3.63, 3.8) is 0 Å². The largest absolute Gasteiger partial charge is 0.294 e. The molecule has 0 saturated heterocycles. The van der Waals surface area contributed by atoms with E-state index in [0.717, 1.165) is 28.9 Å². The zero-order chi connectivity index (χ0) is 15.9. The summed E-state index contributed by atoms with van der Waals surface area (Å²) >= 11 is 1.71. The molecular formula is C15H17N3O2S2. The molecule has 2 aromatic heterocycles. The van der Waals surface area contributed by atoms with Crippen LogP contribution in [0.5, 0.6) is 0 Å². The third kappa shape index (κ3) is 2.86. The van der Waals surface area contributed by atoms with Gasteiger partial charge in [-0.25, -0.2) is 13.4 Å². The van der Waals surface area contributed by atoms with Gasteiger partial charge >= 0.3 is 0 Å². The molecule has 2 heterocycles. The summed E-state index contributed by atoms with van der Waals surface area (Å²) in [6, 6.07) is 7.23. The van der Waals surface area contributed by atoms with E-state index in [-0.39, 0.29) is 0 Å². The number of sulfonamides is 1. The highest BCUT2D eigenvalue weighted by molar-refractivity contribution is 7.92. The topological polar surface area (TPSA) is 63.5 Å². The summed E-state index contributed by atoms with van der Waals surface area (Å²) in [5.74, 6) is 0.